The second kappa shape index (κ2) is 53.2. The first-order chi connectivity index (χ1) is 66.7. The van der Waals surface area contributed by atoms with E-state index in [4.69, 9.17) is 0 Å². The van der Waals surface area contributed by atoms with Crippen LogP contribution in [0.15, 0.2) is 364 Å². The van der Waals surface area contributed by atoms with Crippen LogP contribution in [0.5, 0.6) is 17.2 Å². The van der Waals surface area contributed by atoms with E-state index >= 15 is 0 Å². The molecule has 0 atom stereocenters. The average Bonchev–Trinajstić information content (AvgIpc) is 0.770. The quantitative estimate of drug-likeness (QED) is 0.0154. The molecule has 0 unspecified atom stereocenters. The van der Waals surface area contributed by atoms with Gasteiger partial charge in [0.1, 0.15) is 47.4 Å². The van der Waals surface area contributed by atoms with Gasteiger partial charge in [0.2, 0.25) is 30.1 Å². The summed E-state index contributed by atoms with van der Waals surface area (Å²) in [5.41, 5.74) is 15.6. The van der Waals surface area contributed by atoms with E-state index < -0.39 is 92.4 Å². The third kappa shape index (κ3) is 32.5. The number of azo groups is 6. The molecule has 0 saturated carbocycles. The second-order valence-corrected chi connectivity index (χ2v) is 40.8. The Labute approximate surface area is 902 Å². The van der Waals surface area contributed by atoms with Crippen molar-refractivity contribution in [3.63, 3.8) is 0 Å². The molecule has 0 bridgehead atoms. The van der Waals surface area contributed by atoms with E-state index in [9.17, 15) is 79.5 Å². The van der Waals surface area contributed by atoms with Crippen molar-refractivity contribution in [1.29, 1.82) is 0 Å². The Morgan fingerprint density at radius 1 is 0.243 bits per heavy atom. The topological polar surface area (TPSA) is 555 Å². The van der Waals surface area contributed by atoms with Gasteiger partial charge in [0.05, 0.1) is 63.5 Å². The number of phenols is 3. The van der Waals surface area contributed by atoms with Crippen LogP contribution in [0.4, 0.5) is 85.3 Å². The summed E-state index contributed by atoms with van der Waals surface area (Å²) in [7, 11) is -16.1. The summed E-state index contributed by atoms with van der Waals surface area (Å²) in [6.07, 6.45) is 0. The van der Waals surface area contributed by atoms with Crippen molar-refractivity contribution in [1.82, 2.24) is 14.2 Å². The summed E-state index contributed by atoms with van der Waals surface area (Å²) in [4.78, 5) is -1.24. The van der Waals surface area contributed by atoms with Crippen LogP contribution in [-0.2, 0) is 60.4 Å². The van der Waals surface area contributed by atoms with E-state index in [-0.39, 0.29) is 120 Å². The van der Waals surface area contributed by atoms with Crippen LogP contribution in [0.2, 0.25) is 0 Å². The van der Waals surface area contributed by atoms with Crippen molar-refractivity contribution < 1.29 is 168 Å². The number of anilines is 6. The van der Waals surface area contributed by atoms with Gasteiger partial charge in [-0.3, -0.25) is 0 Å². The Balaban J connectivity index is 0.000000243. The molecule has 45 heteroatoms. The maximum Gasteiger partial charge on any atom is 1.00 e. The number of hydrogen-bond donors (Lipinski definition) is 9. The van der Waals surface area contributed by atoms with Crippen LogP contribution in [0.3, 0.4) is 0 Å². The molecule has 0 aromatic heterocycles. The van der Waals surface area contributed by atoms with Gasteiger partial charge >= 0.3 is 88.7 Å². The summed E-state index contributed by atoms with van der Waals surface area (Å²) in [5.74, 6) is -1.25. The Kier molecular flexibility index (Phi) is 43.9. The first kappa shape index (κ1) is 119. The third-order valence-electron chi connectivity index (χ3n) is 21.3. The van der Waals surface area contributed by atoms with E-state index in [0.717, 1.165) is 67.1 Å². The molecule has 0 aliphatic heterocycles. The van der Waals surface area contributed by atoms with Gasteiger partial charge in [0.15, 0.2) is 17.2 Å². The molecule has 732 valence electrons. The average molecular weight is 2090 g/mol. The molecule has 0 aliphatic rings. The monoisotopic (exact) mass is 2090 g/mol. The summed E-state index contributed by atoms with van der Waals surface area (Å²) in [6.45, 7) is 17.3. The molecule has 0 fully saturated rings. The number of phenolic OH excluding ortho intramolecular Hbond substituents is 3. The van der Waals surface area contributed by atoms with Gasteiger partial charge in [0, 0.05) is 71.4 Å². The van der Waals surface area contributed by atoms with Crippen molar-refractivity contribution in [3.8, 4) is 17.2 Å². The van der Waals surface area contributed by atoms with Crippen LogP contribution < -0.4 is 119 Å². The number of aromatic hydroxyl groups is 3. The van der Waals surface area contributed by atoms with Crippen molar-refractivity contribution in [2.75, 3.05) is 58.2 Å². The van der Waals surface area contributed by atoms with Gasteiger partial charge in [0.25, 0.3) is 0 Å². The van der Waals surface area contributed by atoms with E-state index in [1.165, 1.54) is 75.7 Å². The minimum absolute atomic E-state index is 0. The molecule has 15 aromatic rings. The smallest absolute Gasteiger partial charge is 0.744 e. The van der Waals surface area contributed by atoms with Crippen molar-refractivity contribution in [2.45, 2.75) is 91.7 Å². The van der Waals surface area contributed by atoms with Gasteiger partial charge < -0.3 is 44.9 Å². The van der Waals surface area contributed by atoms with Gasteiger partial charge in [-0.25, -0.2) is 64.7 Å². The molecule has 0 saturated heterocycles. The molecule has 15 aromatic carbocycles. The zero-order chi connectivity index (χ0) is 103. The van der Waals surface area contributed by atoms with Gasteiger partial charge in [-0.05, 0) is 350 Å². The van der Waals surface area contributed by atoms with Crippen LogP contribution >= 0.6 is 0 Å². The maximum absolute atomic E-state index is 12.0. The van der Waals surface area contributed by atoms with E-state index in [0.29, 0.717) is 83.5 Å². The number of nitrogens with one attached hydrogen (secondary N) is 6. The zero-order valence-electron chi connectivity index (χ0n) is 81.8. The second-order valence-electron chi connectivity index (χ2n) is 31.1. The predicted molar refractivity (Wildman–Crippen MR) is 544 cm³/mol. The molecular weight excluding hydrogens is 1990 g/mol. The Bertz CT molecular complexity index is 7330. The van der Waals surface area contributed by atoms with E-state index in [1.807, 2.05) is 190 Å². The summed E-state index contributed by atoms with van der Waals surface area (Å²) in [5, 5.41) is 90.8. The van der Waals surface area contributed by atoms with Crippen LogP contribution in [0.25, 0.3) is 32.3 Å². The number of benzene rings is 15. The molecule has 0 amide bonds. The Hall–Kier alpha value is -12.1. The largest absolute Gasteiger partial charge is 1.00 e. The minimum atomic E-state index is -4.93. The number of nitrogens with zero attached hydrogens (tertiary/aromatic N) is 12. The van der Waals surface area contributed by atoms with Crippen molar-refractivity contribution in [2.24, 2.45) is 61.4 Å². The first-order valence-corrected chi connectivity index (χ1v) is 51.1. The van der Waals surface area contributed by atoms with E-state index in [2.05, 4.69) is 91.5 Å². The normalized spacial score (nSPS) is 11.7. The molecule has 15 rings (SSSR count). The summed E-state index contributed by atoms with van der Waals surface area (Å²) >= 11 is 0. The Morgan fingerprint density at radius 2 is 0.458 bits per heavy atom. The Morgan fingerprint density at radius 3 is 0.660 bits per heavy atom. The van der Waals surface area contributed by atoms with E-state index in [1.54, 1.807) is 112 Å². The van der Waals surface area contributed by atoms with Gasteiger partial charge in [-0.15, -0.1) is 15.3 Å². The summed E-state index contributed by atoms with van der Waals surface area (Å²) < 4.78 is 183. The van der Waals surface area contributed by atoms with Crippen LogP contribution in [-0.4, -0.2) is 122 Å². The third-order valence-corrected chi connectivity index (χ3v) is 28.1. The molecule has 9 N–H and O–H groups in total. The molecule has 0 spiro atoms. The maximum atomic E-state index is 12.0. The standard InChI is InChI=1S/3C25H23N3O4S.3C8H11N3O2S.3Na/c3*1-15-11-17(3)22(12-16(15)2)27-28-24-23(33(30,31)32)14-18-13-20(9-10-21(18)25(24)29)26-19-7-5-4-6-8-19;3*1-9-11-7-3-5-8(6-4-7)14(12,13)10-2;;;/h3*4-14,26,29H,1-3H3,(H,30,31,32);3*3-6,10H,1-2H3;;;/q;;;;;;3*+1/p-3. The van der Waals surface area contributed by atoms with Crippen LogP contribution in [0, 0.1) is 62.3 Å². The molecule has 144 heavy (non-hydrogen) atoms. The van der Waals surface area contributed by atoms with Gasteiger partial charge in [-0.1, -0.05) is 72.8 Å². The van der Waals surface area contributed by atoms with Crippen LogP contribution in [0.1, 0.15) is 50.1 Å². The number of aryl methyl sites for hydroxylation is 9. The number of para-hydroxylation sites is 3. The zero-order valence-corrected chi connectivity index (χ0v) is 92.7. The predicted octanol–water partition coefficient (Wildman–Crippen LogP) is 14.5. The molecular formula is C99H99N18Na3O18S6. The number of fused-ring (bicyclic) bond motifs is 3. The number of sulfonamides is 3. The fourth-order valence-electron chi connectivity index (χ4n) is 13.5. The molecule has 0 radical (unpaired) electrons. The van der Waals surface area contributed by atoms with Crippen molar-refractivity contribution >= 4 is 178 Å². The molecule has 36 nitrogen and oxygen atoms in total. The fourth-order valence-corrected chi connectivity index (χ4v) is 17.6. The van der Waals surface area contributed by atoms with Crippen molar-refractivity contribution in [3.05, 3.63) is 323 Å². The number of rotatable bonds is 24. The molecule has 0 aliphatic carbocycles. The molecule has 0 heterocycles. The minimum Gasteiger partial charge on any atom is -0.744 e. The summed E-state index contributed by atoms with van der Waals surface area (Å²) in [6, 6.07) is 76.8. The fraction of sp³-hybridized carbons (Fsp3) is 0.152. The SMILES string of the molecule is CN=Nc1ccc(S(=O)(=O)NC)cc1.CN=Nc1ccc(S(=O)(=O)NC)cc1.CN=Nc1ccc(S(=O)(=O)NC)cc1.Cc1cc(C)c(N=Nc2c(S(=O)(=O)[O-])cc3cc(Nc4ccccc4)ccc3c2O)cc1C.Cc1cc(C)c(N=Nc2c(S(=O)(=O)[O-])cc3cc(Nc4ccccc4)ccc3c2O)cc1C.Cc1cc(C)c(N=Nc2c(S(=O)(=O)[O-])cc3cc(Nc4ccccc4)ccc3c2O)cc1C.[Na+].[Na+].[Na+]. The first-order valence-electron chi connectivity index (χ1n) is 42.4. The van der Waals surface area contributed by atoms with Gasteiger partial charge in [-0.2, -0.15) is 46.0 Å². The number of hydrogen-bond acceptors (Lipinski definition) is 33.